The van der Waals surface area contributed by atoms with E-state index in [2.05, 4.69) is 6.92 Å². The first-order chi connectivity index (χ1) is 10.2. The number of esters is 1. The smallest absolute Gasteiger partial charge is 0.329 e. The molecule has 21 heavy (non-hydrogen) atoms. The van der Waals surface area contributed by atoms with Crippen LogP contribution in [0.3, 0.4) is 0 Å². The number of aliphatic carboxylic acids is 1. The summed E-state index contributed by atoms with van der Waals surface area (Å²) >= 11 is 0. The van der Waals surface area contributed by atoms with Crippen molar-refractivity contribution in [1.29, 1.82) is 0 Å². The van der Waals surface area contributed by atoms with E-state index in [1.165, 1.54) is 25.7 Å². The molecule has 0 aliphatic rings. The SMILES string of the molecule is CCCCCCCCC(=O)OCCOCCOCC(=O)O. The van der Waals surface area contributed by atoms with E-state index in [4.69, 9.17) is 19.3 Å². The molecule has 0 aliphatic heterocycles. The summed E-state index contributed by atoms with van der Waals surface area (Å²) in [5, 5.41) is 8.32. The maximum Gasteiger partial charge on any atom is 0.329 e. The first kappa shape index (κ1) is 19.9. The van der Waals surface area contributed by atoms with Gasteiger partial charge in [0.15, 0.2) is 0 Å². The van der Waals surface area contributed by atoms with Crippen LogP contribution in [0, 0.1) is 0 Å². The molecule has 0 bridgehead atoms. The summed E-state index contributed by atoms with van der Waals surface area (Å²) in [5.74, 6) is -1.19. The van der Waals surface area contributed by atoms with Crippen molar-refractivity contribution in [2.45, 2.75) is 51.9 Å². The Bertz CT molecular complexity index is 267. The van der Waals surface area contributed by atoms with Gasteiger partial charge >= 0.3 is 11.9 Å². The molecule has 6 nitrogen and oxygen atoms in total. The molecule has 6 heteroatoms. The van der Waals surface area contributed by atoms with Crippen LogP contribution in [0.25, 0.3) is 0 Å². The lowest BCUT2D eigenvalue weighted by Gasteiger charge is -2.06. The summed E-state index contributed by atoms with van der Waals surface area (Å²) < 4.78 is 14.9. The summed E-state index contributed by atoms with van der Waals surface area (Å²) in [6.45, 7) is 2.90. The molecular formula is C15H28O6. The molecule has 0 saturated heterocycles. The zero-order valence-corrected chi connectivity index (χ0v) is 13.0. The van der Waals surface area contributed by atoms with Crippen LogP contribution in [0.2, 0.25) is 0 Å². The predicted molar refractivity (Wildman–Crippen MR) is 78.2 cm³/mol. The van der Waals surface area contributed by atoms with Gasteiger partial charge in [-0.2, -0.15) is 0 Å². The van der Waals surface area contributed by atoms with Crippen LogP contribution in [0.15, 0.2) is 0 Å². The van der Waals surface area contributed by atoms with Crippen molar-refractivity contribution in [1.82, 2.24) is 0 Å². The lowest BCUT2D eigenvalue weighted by atomic mass is 10.1. The van der Waals surface area contributed by atoms with Crippen molar-refractivity contribution >= 4 is 11.9 Å². The molecule has 0 radical (unpaired) electrons. The molecule has 0 atom stereocenters. The Morgan fingerprint density at radius 3 is 2.19 bits per heavy atom. The predicted octanol–water partition coefficient (Wildman–Crippen LogP) is 2.40. The van der Waals surface area contributed by atoms with Gasteiger partial charge in [0.1, 0.15) is 13.2 Å². The average Bonchev–Trinajstić information content (AvgIpc) is 2.45. The minimum absolute atomic E-state index is 0.184. The highest BCUT2D eigenvalue weighted by atomic mass is 16.6. The first-order valence-electron chi connectivity index (χ1n) is 7.69. The van der Waals surface area contributed by atoms with E-state index in [1.54, 1.807) is 0 Å². The highest BCUT2D eigenvalue weighted by Crippen LogP contribution is 2.07. The molecule has 0 aromatic rings. The first-order valence-corrected chi connectivity index (χ1v) is 7.69. The zero-order chi connectivity index (χ0) is 15.8. The second kappa shape index (κ2) is 15.3. The van der Waals surface area contributed by atoms with Gasteiger partial charge in [-0.1, -0.05) is 39.0 Å². The highest BCUT2D eigenvalue weighted by molar-refractivity contribution is 5.69. The van der Waals surface area contributed by atoms with Crippen LogP contribution in [0.4, 0.5) is 0 Å². The van der Waals surface area contributed by atoms with E-state index in [0.29, 0.717) is 19.6 Å². The molecule has 0 aliphatic carbocycles. The number of carbonyl (C=O) groups excluding carboxylic acids is 1. The number of carboxylic acids is 1. The molecule has 0 spiro atoms. The van der Waals surface area contributed by atoms with Crippen LogP contribution in [0.1, 0.15) is 51.9 Å². The van der Waals surface area contributed by atoms with Crippen molar-refractivity contribution in [2.75, 3.05) is 33.0 Å². The number of hydrogen-bond acceptors (Lipinski definition) is 5. The van der Waals surface area contributed by atoms with Gasteiger partial charge < -0.3 is 19.3 Å². The van der Waals surface area contributed by atoms with Crippen molar-refractivity contribution in [3.63, 3.8) is 0 Å². The summed E-state index contributed by atoms with van der Waals surface area (Å²) in [5.41, 5.74) is 0. The van der Waals surface area contributed by atoms with Crippen LogP contribution in [0.5, 0.6) is 0 Å². The van der Waals surface area contributed by atoms with Gasteiger partial charge in [0.25, 0.3) is 0 Å². The second-order valence-corrected chi connectivity index (χ2v) is 4.80. The standard InChI is InChI=1S/C15H28O6/c1-2-3-4-5-6-7-8-15(18)21-12-11-19-9-10-20-13-14(16)17/h2-13H2,1H3,(H,16,17). The van der Waals surface area contributed by atoms with Crippen LogP contribution < -0.4 is 0 Å². The molecule has 0 rings (SSSR count). The summed E-state index contributed by atoms with van der Waals surface area (Å²) in [6.07, 6.45) is 7.33. The van der Waals surface area contributed by atoms with Gasteiger partial charge in [-0.05, 0) is 6.42 Å². The molecule has 0 unspecified atom stereocenters. The fourth-order valence-corrected chi connectivity index (χ4v) is 1.72. The zero-order valence-electron chi connectivity index (χ0n) is 13.0. The van der Waals surface area contributed by atoms with E-state index in [1.807, 2.05) is 0 Å². The van der Waals surface area contributed by atoms with Crippen molar-refractivity contribution in [2.24, 2.45) is 0 Å². The maximum atomic E-state index is 11.4. The fraction of sp³-hybridized carbons (Fsp3) is 0.867. The number of carboxylic acid groups (broad SMARTS) is 1. The molecule has 0 fully saturated rings. The van der Waals surface area contributed by atoms with Crippen LogP contribution in [-0.2, 0) is 23.8 Å². The number of hydrogen-bond donors (Lipinski definition) is 1. The van der Waals surface area contributed by atoms with Gasteiger partial charge in [-0.15, -0.1) is 0 Å². The summed E-state index contributed by atoms with van der Waals surface area (Å²) in [4.78, 5) is 21.5. The Labute approximate surface area is 126 Å². The van der Waals surface area contributed by atoms with E-state index >= 15 is 0 Å². The molecule has 1 N–H and O–H groups in total. The third kappa shape index (κ3) is 16.8. The molecule has 0 heterocycles. The van der Waals surface area contributed by atoms with E-state index in [0.717, 1.165) is 12.8 Å². The molecule has 0 amide bonds. The average molecular weight is 304 g/mol. The van der Waals surface area contributed by atoms with E-state index < -0.39 is 5.97 Å². The fourth-order valence-electron chi connectivity index (χ4n) is 1.72. The third-order valence-electron chi connectivity index (χ3n) is 2.82. The summed E-state index contributed by atoms with van der Waals surface area (Å²) in [7, 11) is 0. The Morgan fingerprint density at radius 2 is 1.48 bits per heavy atom. The van der Waals surface area contributed by atoms with Crippen molar-refractivity contribution in [3.8, 4) is 0 Å². The van der Waals surface area contributed by atoms with E-state index in [9.17, 15) is 9.59 Å². The Morgan fingerprint density at radius 1 is 0.857 bits per heavy atom. The number of rotatable bonds is 15. The van der Waals surface area contributed by atoms with Gasteiger partial charge in [-0.3, -0.25) is 4.79 Å². The molecular weight excluding hydrogens is 276 g/mol. The third-order valence-corrected chi connectivity index (χ3v) is 2.82. The van der Waals surface area contributed by atoms with Crippen LogP contribution in [-0.4, -0.2) is 50.1 Å². The van der Waals surface area contributed by atoms with Crippen molar-refractivity contribution < 1.29 is 28.9 Å². The van der Waals surface area contributed by atoms with Gasteiger partial charge in [0, 0.05) is 6.42 Å². The Balaban J connectivity index is 3.17. The van der Waals surface area contributed by atoms with Crippen LogP contribution >= 0.6 is 0 Å². The van der Waals surface area contributed by atoms with Crippen molar-refractivity contribution in [3.05, 3.63) is 0 Å². The highest BCUT2D eigenvalue weighted by Gasteiger charge is 2.02. The molecule has 0 aromatic carbocycles. The van der Waals surface area contributed by atoms with Gasteiger partial charge in [-0.25, -0.2) is 4.79 Å². The number of unbranched alkanes of at least 4 members (excludes halogenated alkanes) is 5. The lowest BCUT2D eigenvalue weighted by molar-refractivity contribution is -0.146. The molecule has 0 aromatic heterocycles. The Hall–Kier alpha value is -1.14. The second-order valence-electron chi connectivity index (χ2n) is 4.80. The number of ether oxygens (including phenoxy) is 3. The quantitative estimate of drug-likeness (QED) is 0.369. The largest absolute Gasteiger partial charge is 0.480 e. The lowest BCUT2D eigenvalue weighted by Crippen LogP contribution is -2.14. The summed E-state index contributed by atoms with van der Waals surface area (Å²) in [6, 6.07) is 0. The minimum Gasteiger partial charge on any atom is -0.480 e. The minimum atomic E-state index is -1.00. The topological polar surface area (TPSA) is 82.1 Å². The molecule has 124 valence electrons. The molecule has 0 saturated carbocycles. The van der Waals surface area contributed by atoms with Gasteiger partial charge in [0.2, 0.25) is 0 Å². The van der Waals surface area contributed by atoms with E-state index in [-0.39, 0.29) is 25.8 Å². The monoisotopic (exact) mass is 304 g/mol. The van der Waals surface area contributed by atoms with Gasteiger partial charge in [0.05, 0.1) is 19.8 Å². The normalized spacial score (nSPS) is 10.5. The maximum absolute atomic E-state index is 11.4. The Kier molecular flexibility index (Phi) is 14.4. The number of carbonyl (C=O) groups is 2.